The summed E-state index contributed by atoms with van der Waals surface area (Å²) in [6.45, 7) is 0. The number of benzene rings is 3. The molecule has 1 heterocycles. The van der Waals surface area contributed by atoms with Crippen molar-refractivity contribution in [2.24, 2.45) is 0 Å². The number of hydrogen-bond acceptors (Lipinski definition) is 1. The molecule has 3 aromatic carbocycles. The van der Waals surface area contributed by atoms with E-state index in [4.69, 9.17) is 0 Å². The monoisotopic (exact) mass is 202 g/mol. The lowest BCUT2D eigenvalue weighted by molar-refractivity contribution is 1.43. The van der Waals surface area contributed by atoms with E-state index < -0.39 is 0 Å². The highest BCUT2D eigenvalue weighted by Gasteiger charge is 2.07. The molecule has 0 bridgehead atoms. The summed E-state index contributed by atoms with van der Waals surface area (Å²) in [5.41, 5.74) is 1.03. The van der Waals surface area contributed by atoms with E-state index in [1.54, 1.807) is 0 Å². The van der Waals surface area contributed by atoms with Crippen molar-refractivity contribution in [2.75, 3.05) is 0 Å². The molecular weight excluding hydrogens is 194 g/mol. The summed E-state index contributed by atoms with van der Waals surface area (Å²) < 4.78 is 0. The van der Waals surface area contributed by atoms with E-state index in [0.717, 1.165) is 10.9 Å². The molecule has 0 aliphatic heterocycles. The molecular formula is C15H8N. The van der Waals surface area contributed by atoms with Gasteiger partial charge in [-0.3, -0.25) is 0 Å². The third-order valence-corrected chi connectivity index (χ3v) is 3.16. The second-order valence-electron chi connectivity index (χ2n) is 4.07. The van der Waals surface area contributed by atoms with Crippen molar-refractivity contribution in [3.05, 3.63) is 54.7 Å². The maximum absolute atomic E-state index is 4.39. The fraction of sp³-hybridized carbons (Fsp3) is 0. The first-order valence-corrected chi connectivity index (χ1v) is 5.35. The topological polar surface area (TPSA) is 12.9 Å². The first kappa shape index (κ1) is 8.05. The molecule has 4 rings (SSSR count). The summed E-state index contributed by atoms with van der Waals surface area (Å²) in [4.78, 5) is 4.39. The Balaban J connectivity index is 2.51. The molecule has 0 aliphatic rings. The number of aromatic nitrogens is 1. The van der Waals surface area contributed by atoms with E-state index in [9.17, 15) is 0 Å². The summed E-state index contributed by atoms with van der Waals surface area (Å²) in [5.74, 6) is 0. The highest BCUT2D eigenvalue weighted by Crippen LogP contribution is 2.32. The van der Waals surface area contributed by atoms with E-state index in [2.05, 4.69) is 47.6 Å². The highest BCUT2D eigenvalue weighted by molar-refractivity contribution is 6.21. The van der Waals surface area contributed by atoms with Crippen LogP contribution in [0.4, 0.5) is 0 Å². The Kier molecular flexibility index (Phi) is 1.36. The van der Waals surface area contributed by atoms with Gasteiger partial charge in [0.2, 0.25) is 0 Å². The average Bonchev–Trinajstić information content (AvgIpc) is 2.36. The molecule has 0 saturated carbocycles. The predicted octanol–water partition coefficient (Wildman–Crippen LogP) is 3.78. The number of hydrogen-bond donors (Lipinski definition) is 0. The van der Waals surface area contributed by atoms with Crippen LogP contribution in [0.15, 0.2) is 48.5 Å². The van der Waals surface area contributed by atoms with Crippen LogP contribution in [0.5, 0.6) is 0 Å². The van der Waals surface area contributed by atoms with Crippen molar-refractivity contribution < 1.29 is 0 Å². The Morgan fingerprint density at radius 3 is 2.38 bits per heavy atom. The summed E-state index contributed by atoms with van der Waals surface area (Å²) in [6.07, 6.45) is 3.11. The van der Waals surface area contributed by atoms with E-state index in [-0.39, 0.29) is 0 Å². The van der Waals surface area contributed by atoms with E-state index in [0.29, 0.717) is 0 Å². The van der Waals surface area contributed by atoms with Crippen LogP contribution >= 0.6 is 0 Å². The van der Waals surface area contributed by atoms with Crippen molar-refractivity contribution in [2.45, 2.75) is 0 Å². The summed E-state index contributed by atoms with van der Waals surface area (Å²) in [7, 11) is 0. The lowest BCUT2D eigenvalue weighted by Crippen LogP contribution is -1.85. The first-order valence-electron chi connectivity index (χ1n) is 5.35. The van der Waals surface area contributed by atoms with Gasteiger partial charge in [0.05, 0.1) is 11.7 Å². The lowest BCUT2D eigenvalue weighted by atomic mass is 9.98. The van der Waals surface area contributed by atoms with Gasteiger partial charge in [-0.25, -0.2) is 4.98 Å². The quantitative estimate of drug-likeness (QED) is 0.395. The third-order valence-electron chi connectivity index (χ3n) is 3.16. The Labute approximate surface area is 92.7 Å². The van der Waals surface area contributed by atoms with Crippen LogP contribution in [0.25, 0.3) is 32.4 Å². The predicted molar refractivity (Wildman–Crippen MR) is 66.8 cm³/mol. The van der Waals surface area contributed by atoms with Crippen LogP contribution in [0.2, 0.25) is 0 Å². The fourth-order valence-electron chi connectivity index (χ4n) is 2.44. The molecule has 0 N–H and O–H groups in total. The summed E-state index contributed by atoms with van der Waals surface area (Å²) >= 11 is 0. The normalized spacial score (nSPS) is 11.8. The maximum atomic E-state index is 4.39. The van der Waals surface area contributed by atoms with E-state index in [1.807, 2.05) is 12.1 Å². The Morgan fingerprint density at radius 1 is 0.750 bits per heavy atom. The van der Waals surface area contributed by atoms with Gasteiger partial charge in [0.25, 0.3) is 0 Å². The standard InChI is InChI=1S/C15H8N/c1-3-10-7-8-11-4-2-6-13-15(11)14(10)12(5-1)9-16-13/h1-8H. The Hall–Kier alpha value is -2.15. The SMILES string of the molecule is [c]1nc2cccc3ccc4cccc1c4c32. The molecule has 0 spiro atoms. The van der Waals surface area contributed by atoms with Crippen LogP contribution < -0.4 is 0 Å². The van der Waals surface area contributed by atoms with Gasteiger partial charge < -0.3 is 0 Å². The van der Waals surface area contributed by atoms with Gasteiger partial charge in [-0.15, -0.1) is 0 Å². The second kappa shape index (κ2) is 2.70. The molecule has 0 saturated heterocycles. The molecule has 0 amide bonds. The molecule has 0 atom stereocenters. The van der Waals surface area contributed by atoms with Gasteiger partial charge in [-0.2, -0.15) is 0 Å². The van der Waals surface area contributed by atoms with Crippen LogP contribution in [-0.4, -0.2) is 4.98 Å². The fourth-order valence-corrected chi connectivity index (χ4v) is 2.44. The van der Waals surface area contributed by atoms with E-state index >= 15 is 0 Å². The Bertz CT molecular complexity index is 672. The van der Waals surface area contributed by atoms with Crippen molar-refractivity contribution in [3.8, 4) is 0 Å². The van der Waals surface area contributed by atoms with Crippen molar-refractivity contribution in [3.63, 3.8) is 0 Å². The van der Waals surface area contributed by atoms with Crippen LogP contribution in [0, 0.1) is 6.20 Å². The number of nitrogens with zero attached hydrogens (tertiary/aromatic N) is 1. The molecule has 0 fully saturated rings. The number of rotatable bonds is 0. The Morgan fingerprint density at radius 2 is 1.50 bits per heavy atom. The highest BCUT2D eigenvalue weighted by atomic mass is 14.6. The van der Waals surface area contributed by atoms with Crippen molar-refractivity contribution in [1.82, 2.24) is 4.98 Å². The minimum atomic E-state index is 1.03. The van der Waals surface area contributed by atoms with Gasteiger partial charge in [0, 0.05) is 16.2 Å². The lowest BCUT2D eigenvalue weighted by Gasteiger charge is -2.08. The smallest absolute Gasteiger partial charge is 0.0979 e. The molecule has 1 nitrogen and oxygen atoms in total. The molecule has 16 heavy (non-hydrogen) atoms. The average molecular weight is 202 g/mol. The van der Waals surface area contributed by atoms with Gasteiger partial charge in [-0.05, 0) is 16.8 Å². The zero-order chi connectivity index (χ0) is 10.5. The molecule has 0 aliphatic carbocycles. The molecule has 0 unspecified atom stereocenters. The minimum Gasteiger partial charge on any atom is -0.245 e. The summed E-state index contributed by atoms with van der Waals surface area (Å²) in [5, 5.41) is 6.16. The minimum absolute atomic E-state index is 1.03. The molecule has 1 heteroatoms. The van der Waals surface area contributed by atoms with Crippen LogP contribution in [0.3, 0.4) is 0 Å². The summed E-state index contributed by atoms with van der Waals surface area (Å²) in [6, 6.07) is 16.8. The zero-order valence-corrected chi connectivity index (χ0v) is 8.57. The maximum Gasteiger partial charge on any atom is 0.0979 e. The molecule has 73 valence electrons. The van der Waals surface area contributed by atoms with Crippen LogP contribution in [0.1, 0.15) is 0 Å². The largest absolute Gasteiger partial charge is 0.245 e. The van der Waals surface area contributed by atoms with Gasteiger partial charge in [0.1, 0.15) is 0 Å². The van der Waals surface area contributed by atoms with Crippen molar-refractivity contribution >= 4 is 32.4 Å². The second-order valence-corrected chi connectivity index (χ2v) is 4.07. The van der Waals surface area contributed by atoms with Gasteiger partial charge in [-0.1, -0.05) is 42.5 Å². The molecule has 1 aromatic heterocycles. The first-order chi connectivity index (χ1) is 7.93. The third kappa shape index (κ3) is 0.878. The van der Waals surface area contributed by atoms with Crippen molar-refractivity contribution in [1.29, 1.82) is 0 Å². The molecule has 1 radical (unpaired) electrons. The number of pyridine rings is 1. The van der Waals surface area contributed by atoms with Gasteiger partial charge >= 0.3 is 0 Å². The van der Waals surface area contributed by atoms with Crippen LogP contribution in [-0.2, 0) is 0 Å². The van der Waals surface area contributed by atoms with Gasteiger partial charge in [0.15, 0.2) is 0 Å². The van der Waals surface area contributed by atoms with E-state index in [1.165, 1.54) is 21.5 Å². The zero-order valence-electron chi connectivity index (χ0n) is 8.57. The molecule has 4 aromatic rings.